The van der Waals surface area contributed by atoms with Gasteiger partial charge in [0.25, 0.3) is 0 Å². The number of hydrogen-bond acceptors (Lipinski definition) is 5. The van der Waals surface area contributed by atoms with Crippen LogP contribution in [0.15, 0.2) is 41.4 Å². The van der Waals surface area contributed by atoms with E-state index in [1.54, 1.807) is 19.2 Å². The number of nitrogens with zero attached hydrogens (tertiary/aromatic N) is 2. The Morgan fingerprint density at radius 1 is 1.10 bits per heavy atom. The molecule has 0 saturated heterocycles. The first-order chi connectivity index (χ1) is 14.0. The van der Waals surface area contributed by atoms with Gasteiger partial charge >= 0.3 is 0 Å². The Morgan fingerprint density at radius 3 is 2.30 bits per heavy atom. The number of phenols is 1. The average molecular weight is 528 g/mol. The number of likely N-dealkylation sites (N-methyl/N-ethyl adjacent to an activating group) is 1. The van der Waals surface area contributed by atoms with E-state index in [9.17, 15) is 5.11 Å². The van der Waals surface area contributed by atoms with Crippen LogP contribution in [-0.4, -0.2) is 52.0 Å². The SMILES string of the molecule is CCN(CCNC(=NC)NCc1cc(OC)c(O)c(OC)c1)c1cccc(C)c1.I. The Hall–Kier alpha value is -2.36. The van der Waals surface area contributed by atoms with Crippen molar-refractivity contribution in [3.8, 4) is 17.2 Å². The van der Waals surface area contributed by atoms with E-state index in [0.717, 1.165) is 25.2 Å². The Balaban J connectivity index is 0.00000450. The van der Waals surface area contributed by atoms with Gasteiger partial charge < -0.3 is 30.1 Å². The molecule has 2 aromatic carbocycles. The van der Waals surface area contributed by atoms with E-state index in [-0.39, 0.29) is 29.7 Å². The monoisotopic (exact) mass is 528 g/mol. The van der Waals surface area contributed by atoms with Crippen molar-refractivity contribution in [1.82, 2.24) is 10.6 Å². The van der Waals surface area contributed by atoms with Gasteiger partial charge in [0.15, 0.2) is 17.5 Å². The maximum absolute atomic E-state index is 10.0. The molecule has 3 N–H and O–H groups in total. The van der Waals surface area contributed by atoms with Crippen molar-refractivity contribution in [3.63, 3.8) is 0 Å². The fourth-order valence-electron chi connectivity index (χ4n) is 3.06. The standard InChI is InChI=1S/C22H32N4O3.HI/c1-6-26(18-9-7-8-16(2)12-18)11-10-24-22(23-3)25-15-17-13-19(28-4)21(27)20(14-17)29-5;/h7-9,12-14,27H,6,10-11,15H2,1-5H3,(H2,23,24,25);1H. The van der Waals surface area contributed by atoms with Crippen LogP contribution < -0.4 is 25.0 Å². The van der Waals surface area contributed by atoms with Crippen molar-refractivity contribution >= 4 is 35.6 Å². The van der Waals surface area contributed by atoms with Crippen LogP contribution in [0.5, 0.6) is 17.2 Å². The molecule has 0 unspecified atom stereocenters. The number of hydrogen-bond donors (Lipinski definition) is 3. The molecule has 0 radical (unpaired) electrons. The molecule has 0 aliphatic heterocycles. The summed E-state index contributed by atoms with van der Waals surface area (Å²) in [5.74, 6) is 1.45. The smallest absolute Gasteiger partial charge is 0.200 e. The highest BCUT2D eigenvalue weighted by Crippen LogP contribution is 2.36. The fraction of sp³-hybridized carbons (Fsp3) is 0.409. The largest absolute Gasteiger partial charge is 0.502 e. The number of aryl methyl sites for hydroxylation is 1. The average Bonchev–Trinajstić information content (AvgIpc) is 2.74. The normalized spacial score (nSPS) is 10.8. The van der Waals surface area contributed by atoms with Crippen molar-refractivity contribution in [2.45, 2.75) is 20.4 Å². The summed E-state index contributed by atoms with van der Waals surface area (Å²) in [6.45, 7) is 7.33. The van der Waals surface area contributed by atoms with E-state index in [1.807, 2.05) is 0 Å². The van der Waals surface area contributed by atoms with Gasteiger partial charge in [0.1, 0.15) is 0 Å². The second-order valence-corrected chi connectivity index (χ2v) is 6.62. The highest BCUT2D eigenvalue weighted by molar-refractivity contribution is 14.0. The van der Waals surface area contributed by atoms with Crippen molar-refractivity contribution in [3.05, 3.63) is 47.5 Å². The summed E-state index contributed by atoms with van der Waals surface area (Å²) in [6.07, 6.45) is 0. The quantitative estimate of drug-likeness (QED) is 0.263. The number of guanidine groups is 1. The summed E-state index contributed by atoms with van der Waals surface area (Å²) < 4.78 is 10.4. The first-order valence-electron chi connectivity index (χ1n) is 9.72. The lowest BCUT2D eigenvalue weighted by Crippen LogP contribution is -2.41. The highest BCUT2D eigenvalue weighted by Gasteiger charge is 2.11. The van der Waals surface area contributed by atoms with Gasteiger partial charge in [-0.25, -0.2) is 0 Å². The molecule has 0 heterocycles. The molecule has 0 amide bonds. The highest BCUT2D eigenvalue weighted by atomic mass is 127. The maximum Gasteiger partial charge on any atom is 0.200 e. The number of rotatable bonds is 9. The van der Waals surface area contributed by atoms with Crippen molar-refractivity contribution in [1.29, 1.82) is 0 Å². The lowest BCUT2D eigenvalue weighted by Gasteiger charge is -2.24. The molecule has 0 fully saturated rings. The third-order valence-corrected chi connectivity index (χ3v) is 4.65. The van der Waals surface area contributed by atoms with Crippen LogP contribution in [0.4, 0.5) is 5.69 Å². The summed E-state index contributed by atoms with van der Waals surface area (Å²) in [6, 6.07) is 12.1. The van der Waals surface area contributed by atoms with Gasteiger partial charge in [0.2, 0.25) is 5.75 Å². The first kappa shape index (κ1) is 25.7. The lowest BCUT2D eigenvalue weighted by molar-refractivity contribution is 0.339. The number of methoxy groups -OCH3 is 2. The number of anilines is 1. The van der Waals surface area contributed by atoms with Crippen LogP contribution in [0.25, 0.3) is 0 Å². The van der Waals surface area contributed by atoms with Gasteiger partial charge in [-0.2, -0.15) is 0 Å². The molecule has 0 spiro atoms. The Kier molecular flexibility index (Phi) is 11.2. The number of benzene rings is 2. The molecule has 0 bridgehead atoms. The van der Waals surface area contributed by atoms with E-state index >= 15 is 0 Å². The second kappa shape index (κ2) is 13.0. The van der Waals surface area contributed by atoms with Crippen molar-refractivity contribution in [2.24, 2.45) is 4.99 Å². The van der Waals surface area contributed by atoms with E-state index in [1.165, 1.54) is 25.5 Å². The zero-order valence-corrected chi connectivity index (χ0v) is 20.7. The number of phenolic OH excluding ortho intramolecular Hbond substituents is 1. The molecule has 30 heavy (non-hydrogen) atoms. The maximum atomic E-state index is 10.0. The fourth-order valence-corrected chi connectivity index (χ4v) is 3.06. The topological polar surface area (TPSA) is 78.4 Å². The first-order valence-corrected chi connectivity index (χ1v) is 9.72. The van der Waals surface area contributed by atoms with Crippen LogP contribution in [-0.2, 0) is 6.54 Å². The number of aliphatic imine (C=N–C) groups is 1. The number of nitrogens with one attached hydrogen (secondary N) is 2. The molecule has 0 saturated carbocycles. The number of halogens is 1. The van der Waals surface area contributed by atoms with Gasteiger partial charge in [-0.15, -0.1) is 24.0 Å². The summed E-state index contributed by atoms with van der Waals surface area (Å²) in [4.78, 5) is 6.60. The molecular formula is C22H33IN4O3. The van der Waals surface area contributed by atoms with Gasteiger partial charge in [0.05, 0.1) is 14.2 Å². The molecule has 8 heteroatoms. The van der Waals surface area contributed by atoms with Crippen LogP contribution >= 0.6 is 24.0 Å². The minimum atomic E-state index is -0.00272. The minimum absolute atomic E-state index is 0. The van der Waals surface area contributed by atoms with E-state index < -0.39 is 0 Å². The Bertz CT molecular complexity index is 805. The van der Waals surface area contributed by atoms with E-state index in [0.29, 0.717) is 24.0 Å². The summed E-state index contributed by atoms with van der Waals surface area (Å²) >= 11 is 0. The van der Waals surface area contributed by atoms with Crippen LogP contribution in [0.1, 0.15) is 18.1 Å². The second-order valence-electron chi connectivity index (χ2n) is 6.62. The summed E-state index contributed by atoms with van der Waals surface area (Å²) in [5, 5.41) is 16.6. The van der Waals surface area contributed by atoms with Gasteiger partial charge in [0, 0.05) is 38.9 Å². The predicted octanol–water partition coefficient (Wildman–Crippen LogP) is 3.53. The van der Waals surface area contributed by atoms with Crippen molar-refractivity contribution in [2.75, 3.05) is 45.8 Å². The molecule has 2 rings (SSSR count). The summed E-state index contributed by atoms with van der Waals surface area (Å²) in [7, 11) is 4.77. The molecule has 2 aromatic rings. The number of ether oxygens (including phenoxy) is 2. The molecule has 0 atom stereocenters. The Labute approximate surface area is 196 Å². The van der Waals surface area contributed by atoms with Crippen LogP contribution in [0.2, 0.25) is 0 Å². The minimum Gasteiger partial charge on any atom is -0.502 e. The zero-order chi connectivity index (χ0) is 21.2. The molecule has 0 aromatic heterocycles. The third-order valence-electron chi connectivity index (χ3n) is 4.65. The van der Waals surface area contributed by atoms with Crippen molar-refractivity contribution < 1.29 is 14.6 Å². The summed E-state index contributed by atoms with van der Waals surface area (Å²) in [5.41, 5.74) is 3.39. The van der Waals surface area contributed by atoms with Crippen LogP contribution in [0.3, 0.4) is 0 Å². The van der Waals surface area contributed by atoms with Gasteiger partial charge in [-0.05, 0) is 49.2 Å². The third kappa shape index (κ3) is 7.16. The van der Waals surface area contributed by atoms with Gasteiger partial charge in [-0.3, -0.25) is 4.99 Å². The molecule has 0 aliphatic rings. The van der Waals surface area contributed by atoms with Crippen LogP contribution in [0, 0.1) is 6.92 Å². The zero-order valence-electron chi connectivity index (χ0n) is 18.4. The molecular weight excluding hydrogens is 495 g/mol. The molecule has 0 aliphatic carbocycles. The van der Waals surface area contributed by atoms with Gasteiger partial charge in [-0.1, -0.05) is 12.1 Å². The number of aromatic hydroxyl groups is 1. The lowest BCUT2D eigenvalue weighted by atomic mass is 10.2. The van der Waals surface area contributed by atoms with E-state index in [4.69, 9.17) is 9.47 Å². The van der Waals surface area contributed by atoms with E-state index in [2.05, 4.69) is 58.6 Å². The molecule has 166 valence electrons. The Morgan fingerprint density at radius 2 is 1.77 bits per heavy atom. The molecule has 7 nitrogen and oxygen atoms in total. The predicted molar refractivity (Wildman–Crippen MR) is 134 cm³/mol.